The maximum Gasteiger partial charge on any atom is 0.222 e. The Hall–Kier alpha value is -1.59. The Kier molecular flexibility index (Phi) is 5.11. The molecule has 1 aliphatic heterocycles. The third-order valence-corrected chi connectivity index (χ3v) is 5.02. The van der Waals surface area contributed by atoms with E-state index >= 15 is 0 Å². The molecule has 0 bridgehead atoms. The second-order valence-electron chi connectivity index (χ2n) is 7.46. The number of ether oxygens (including phenoxy) is 1. The molecule has 1 heterocycles. The Bertz CT molecular complexity index is 570. The average Bonchev–Trinajstić information content (AvgIpc) is 3.28. The number of nitrogens with zero attached hydrogens (tertiary/aromatic N) is 2. The lowest BCUT2D eigenvalue weighted by Crippen LogP contribution is -2.44. The van der Waals surface area contributed by atoms with E-state index in [0.29, 0.717) is 38.4 Å². The van der Waals surface area contributed by atoms with E-state index in [2.05, 4.69) is 4.90 Å². The van der Waals surface area contributed by atoms with Crippen molar-refractivity contribution in [3.8, 4) is 5.75 Å². The number of carbonyl (C=O) groups excluding carboxylic acids is 1. The number of amides is 1. The summed E-state index contributed by atoms with van der Waals surface area (Å²) in [6.07, 6.45) is 3.71. The first-order valence-corrected chi connectivity index (χ1v) is 8.79. The zero-order valence-corrected chi connectivity index (χ0v) is 14.7. The van der Waals surface area contributed by atoms with Crippen LogP contribution in [0, 0.1) is 5.92 Å². The van der Waals surface area contributed by atoms with Crippen LogP contribution in [0.1, 0.15) is 31.2 Å². The largest absolute Gasteiger partial charge is 0.497 e. The van der Waals surface area contributed by atoms with Gasteiger partial charge in [-0.25, -0.2) is 0 Å². The van der Waals surface area contributed by atoms with E-state index < -0.39 is 5.60 Å². The van der Waals surface area contributed by atoms with Crippen LogP contribution >= 0.6 is 0 Å². The summed E-state index contributed by atoms with van der Waals surface area (Å²) in [5.74, 6) is 1.66. The summed E-state index contributed by atoms with van der Waals surface area (Å²) in [6.45, 7) is 2.48. The lowest BCUT2D eigenvalue weighted by Gasteiger charge is -2.29. The van der Waals surface area contributed by atoms with E-state index in [-0.39, 0.29) is 5.91 Å². The fraction of sp³-hybridized carbons (Fsp3) is 0.632. The number of benzene rings is 1. The molecule has 1 saturated carbocycles. The molecule has 0 spiro atoms. The van der Waals surface area contributed by atoms with Gasteiger partial charge in [0, 0.05) is 26.1 Å². The van der Waals surface area contributed by atoms with Crippen LogP contribution in [0.15, 0.2) is 24.3 Å². The Morgan fingerprint density at radius 1 is 1.38 bits per heavy atom. The van der Waals surface area contributed by atoms with Crippen LogP contribution in [-0.2, 0) is 11.3 Å². The molecule has 132 valence electrons. The minimum atomic E-state index is -0.791. The van der Waals surface area contributed by atoms with E-state index in [1.54, 1.807) is 7.11 Å². The van der Waals surface area contributed by atoms with Gasteiger partial charge in [0.05, 0.1) is 19.3 Å². The molecule has 0 aromatic heterocycles. The molecule has 1 amide bonds. The number of rotatable bonds is 7. The topological polar surface area (TPSA) is 53.0 Å². The van der Waals surface area contributed by atoms with Crippen LogP contribution in [0.5, 0.6) is 5.75 Å². The predicted molar refractivity (Wildman–Crippen MR) is 92.8 cm³/mol. The number of hydrogen-bond donors (Lipinski definition) is 1. The maximum absolute atomic E-state index is 12.2. The molecule has 2 aliphatic rings. The second kappa shape index (κ2) is 7.11. The number of likely N-dealkylation sites (N-methyl/N-ethyl adjacent to an activating group) is 1. The van der Waals surface area contributed by atoms with Gasteiger partial charge in [0.2, 0.25) is 5.91 Å². The molecule has 1 aliphatic carbocycles. The highest BCUT2D eigenvalue weighted by molar-refractivity contribution is 5.77. The molecule has 2 fully saturated rings. The first-order valence-electron chi connectivity index (χ1n) is 8.79. The van der Waals surface area contributed by atoms with E-state index in [0.717, 1.165) is 12.3 Å². The van der Waals surface area contributed by atoms with Crippen molar-refractivity contribution in [1.82, 2.24) is 9.80 Å². The number of methoxy groups -OCH3 is 1. The molecule has 1 saturated heterocycles. The molecular formula is C19H28N2O3. The molecule has 1 N–H and O–H groups in total. The lowest BCUT2D eigenvalue weighted by atomic mass is 10.0. The van der Waals surface area contributed by atoms with E-state index in [9.17, 15) is 9.90 Å². The zero-order valence-electron chi connectivity index (χ0n) is 14.7. The number of aliphatic hydroxyl groups is 1. The van der Waals surface area contributed by atoms with Crippen LogP contribution in [0.2, 0.25) is 0 Å². The third-order valence-electron chi connectivity index (χ3n) is 5.02. The molecule has 5 heteroatoms. The van der Waals surface area contributed by atoms with Crippen LogP contribution in [0.4, 0.5) is 0 Å². The summed E-state index contributed by atoms with van der Waals surface area (Å²) in [5.41, 5.74) is 0.391. The number of likely N-dealkylation sites (tertiary alicyclic amines) is 1. The molecule has 5 nitrogen and oxygen atoms in total. The molecule has 3 rings (SSSR count). The minimum absolute atomic E-state index is 0.214. The Morgan fingerprint density at radius 3 is 2.71 bits per heavy atom. The SMILES string of the molecule is COc1ccc(CN(C)CC2(O)CCN(C(=O)CC3CC3)C2)cc1. The van der Waals surface area contributed by atoms with Crippen molar-refractivity contribution in [3.63, 3.8) is 0 Å². The summed E-state index contributed by atoms with van der Waals surface area (Å²) in [6, 6.07) is 7.98. The standard InChI is InChI=1S/C19H28N2O3/c1-20(12-16-5-7-17(24-2)8-6-16)13-19(23)9-10-21(14-19)18(22)11-15-3-4-15/h5-8,15,23H,3-4,9-14H2,1-2H3. The van der Waals surface area contributed by atoms with Gasteiger partial charge in [0.25, 0.3) is 0 Å². The van der Waals surface area contributed by atoms with Gasteiger partial charge in [-0.1, -0.05) is 12.1 Å². The van der Waals surface area contributed by atoms with Crippen molar-refractivity contribution in [2.24, 2.45) is 5.92 Å². The normalized spacial score (nSPS) is 23.8. The van der Waals surface area contributed by atoms with Gasteiger partial charge in [-0.3, -0.25) is 9.69 Å². The zero-order chi connectivity index (χ0) is 17.2. The van der Waals surface area contributed by atoms with E-state index in [1.165, 1.54) is 18.4 Å². The van der Waals surface area contributed by atoms with Gasteiger partial charge in [-0.2, -0.15) is 0 Å². The van der Waals surface area contributed by atoms with Crippen molar-refractivity contribution in [2.75, 3.05) is 33.8 Å². The highest BCUT2D eigenvalue weighted by atomic mass is 16.5. The quantitative estimate of drug-likeness (QED) is 0.828. The van der Waals surface area contributed by atoms with Crippen LogP contribution in [0.3, 0.4) is 0 Å². The smallest absolute Gasteiger partial charge is 0.222 e. The molecule has 0 radical (unpaired) electrons. The molecular weight excluding hydrogens is 304 g/mol. The lowest BCUT2D eigenvalue weighted by molar-refractivity contribution is -0.131. The molecule has 1 unspecified atom stereocenters. The van der Waals surface area contributed by atoms with Gasteiger partial charge in [0.1, 0.15) is 5.75 Å². The number of carbonyl (C=O) groups is 1. The van der Waals surface area contributed by atoms with Crippen molar-refractivity contribution in [1.29, 1.82) is 0 Å². The van der Waals surface area contributed by atoms with Crippen LogP contribution < -0.4 is 4.74 Å². The Balaban J connectivity index is 1.49. The van der Waals surface area contributed by atoms with Crippen molar-refractivity contribution < 1.29 is 14.6 Å². The van der Waals surface area contributed by atoms with Crippen molar-refractivity contribution in [2.45, 2.75) is 37.8 Å². The fourth-order valence-corrected chi connectivity index (χ4v) is 3.50. The maximum atomic E-state index is 12.2. The summed E-state index contributed by atoms with van der Waals surface area (Å²) in [4.78, 5) is 16.2. The van der Waals surface area contributed by atoms with Gasteiger partial charge >= 0.3 is 0 Å². The molecule has 24 heavy (non-hydrogen) atoms. The Labute approximate surface area is 144 Å². The molecule has 1 atom stereocenters. The monoisotopic (exact) mass is 332 g/mol. The van der Waals surface area contributed by atoms with Gasteiger partial charge < -0.3 is 14.7 Å². The number of β-amino-alcohol motifs (C(OH)–C–C–N with tert-alkyl or cyclic N) is 1. The van der Waals surface area contributed by atoms with Crippen LogP contribution in [0.25, 0.3) is 0 Å². The van der Waals surface area contributed by atoms with Crippen LogP contribution in [-0.4, -0.2) is 60.2 Å². The number of hydrogen-bond acceptors (Lipinski definition) is 4. The fourth-order valence-electron chi connectivity index (χ4n) is 3.50. The average molecular weight is 332 g/mol. The van der Waals surface area contributed by atoms with Crippen molar-refractivity contribution >= 4 is 5.91 Å². The van der Waals surface area contributed by atoms with Crippen molar-refractivity contribution in [3.05, 3.63) is 29.8 Å². The predicted octanol–water partition coefficient (Wildman–Crippen LogP) is 1.89. The highest BCUT2D eigenvalue weighted by Gasteiger charge is 2.39. The first-order chi connectivity index (χ1) is 11.5. The molecule has 1 aromatic rings. The van der Waals surface area contributed by atoms with Gasteiger partial charge in [0.15, 0.2) is 0 Å². The molecule has 1 aromatic carbocycles. The summed E-state index contributed by atoms with van der Waals surface area (Å²) < 4.78 is 5.17. The highest BCUT2D eigenvalue weighted by Crippen LogP contribution is 2.34. The summed E-state index contributed by atoms with van der Waals surface area (Å²) >= 11 is 0. The van der Waals surface area contributed by atoms with E-state index in [1.807, 2.05) is 36.2 Å². The summed E-state index contributed by atoms with van der Waals surface area (Å²) in [5, 5.41) is 10.8. The Morgan fingerprint density at radius 2 is 2.08 bits per heavy atom. The summed E-state index contributed by atoms with van der Waals surface area (Å²) in [7, 11) is 3.67. The first kappa shape index (κ1) is 17.2. The third kappa shape index (κ3) is 4.48. The van der Waals surface area contributed by atoms with E-state index in [4.69, 9.17) is 4.74 Å². The second-order valence-corrected chi connectivity index (χ2v) is 7.46. The van der Waals surface area contributed by atoms with Gasteiger partial charge in [-0.15, -0.1) is 0 Å². The van der Waals surface area contributed by atoms with Gasteiger partial charge in [-0.05, 0) is 49.9 Å². The minimum Gasteiger partial charge on any atom is -0.497 e.